The summed E-state index contributed by atoms with van der Waals surface area (Å²) in [7, 11) is 2.57. The average molecular weight is 212 g/mol. The first-order valence-electron chi connectivity index (χ1n) is 4.39. The fourth-order valence-corrected chi connectivity index (χ4v) is 1.46. The zero-order valence-corrected chi connectivity index (χ0v) is 10.4. The summed E-state index contributed by atoms with van der Waals surface area (Å²) in [5, 5.41) is 0. The van der Waals surface area contributed by atoms with Gasteiger partial charge in [-0.15, -0.1) is 21.0 Å². The van der Waals surface area contributed by atoms with E-state index in [-0.39, 0.29) is 0 Å². The molecule has 0 fully saturated rings. The topological polar surface area (TPSA) is 0 Å². The van der Waals surface area contributed by atoms with Crippen LogP contribution >= 0.6 is 21.0 Å². The van der Waals surface area contributed by atoms with Crippen molar-refractivity contribution >= 4 is 27.1 Å². The van der Waals surface area contributed by atoms with Crippen molar-refractivity contribution in [3.63, 3.8) is 0 Å². The van der Waals surface area contributed by atoms with Crippen LogP contribution in [-0.4, -0.2) is 6.26 Å². The van der Waals surface area contributed by atoms with Gasteiger partial charge in [0.2, 0.25) is 0 Å². The van der Waals surface area contributed by atoms with Crippen LogP contribution < -0.4 is 0 Å². The lowest BCUT2D eigenvalue weighted by Gasteiger charge is -1.95. The number of hydrogen-bond acceptors (Lipinski definition) is 1. The smallest absolute Gasteiger partial charge is 0.00695 e. The summed E-state index contributed by atoms with van der Waals surface area (Å²) in [6, 6.07) is 8.49. The molecular formula is C11H17PS. The van der Waals surface area contributed by atoms with Crippen molar-refractivity contribution in [2.24, 2.45) is 0 Å². The summed E-state index contributed by atoms with van der Waals surface area (Å²) in [6.07, 6.45) is 4.15. The van der Waals surface area contributed by atoms with Gasteiger partial charge in [-0.1, -0.05) is 37.9 Å². The molecule has 1 rings (SSSR count). The van der Waals surface area contributed by atoms with Crippen molar-refractivity contribution in [1.29, 1.82) is 0 Å². The van der Waals surface area contributed by atoms with Crippen LogP contribution in [0.2, 0.25) is 0 Å². The van der Waals surface area contributed by atoms with E-state index in [1.54, 1.807) is 11.8 Å². The molecule has 0 saturated carbocycles. The highest BCUT2D eigenvalue weighted by Gasteiger charge is 1.87. The molecule has 2 heteroatoms. The summed E-state index contributed by atoms with van der Waals surface area (Å²) in [5.74, 6) is 1.97. The third kappa shape index (κ3) is 5.13. The first-order chi connectivity index (χ1) is 6.36. The molecule has 0 bridgehead atoms. The second kappa shape index (κ2) is 8.34. The molecule has 1 unspecified atom stereocenters. The van der Waals surface area contributed by atoms with Crippen LogP contribution in [-0.2, 0) is 0 Å². The quantitative estimate of drug-likeness (QED) is 0.521. The van der Waals surface area contributed by atoms with E-state index in [1.807, 2.05) is 19.7 Å². The van der Waals surface area contributed by atoms with Crippen molar-refractivity contribution in [2.45, 2.75) is 18.7 Å². The highest BCUT2D eigenvalue weighted by Crippen LogP contribution is 2.15. The minimum atomic E-state index is 1.25. The lowest BCUT2D eigenvalue weighted by molar-refractivity contribution is 1.45. The average Bonchev–Trinajstić information content (AvgIpc) is 2.23. The molecule has 0 nitrogen and oxygen atoms in total. The minimum absolute atomic E-state index is 1.25. The highest BCUT2D eigenvalue weighted by atomic mass is 32.2. The van der Waals surface area contributed by atoms with E-state index in [1.165, 1.54) is 10.5 Å². The van der Waals surface area contributed by atoms with Crippen molar-refractivity contribution in [2.75, 3.05) is 6.26 Å². The van der Waals surface area contributed by atoms with Gasteiger partial charge in [0.15, 0.2) is 0 Å². The third-order valence-electron chi connectivity index (χ3n) is 1.40. The van der Waals surface area contributed by atoms with Crippen molar-refractivity contribution in [3.05, 3.63) is 35.6 Å². The van der Waals surface area contributed by atoms with E-state index < -0.39 is 0 Å². The third-order valence-corrected chi connectivity index (χ3v) is 2.34. The molecule has 0 radical (unpaired) electrons. The molecular weight excluding hydrogens is 195 g/mol. The van der Waals surface area contributed by atoms with E-state index >= 15 is 0 Å². The molecule has 0 amide bonds. The van der Waals surface area contributed by atoms with E-state index in [0.717, 1.165) is 0 Å². The Balaban J connectivity index is 0.000000671. The molecule has 72 valence electrons. The maximum Gasteiger partial charge on any atom is 0.00695 e. The SMILES string of the molecule is CC.CSc1ccc(/C=C/P)cc1. The number of benzene rings is 1. The van der Waals surface area contributed by atoms with E-state index in [2.05, 4.69) is 45.8 Å². The number of hydrogen-bond donors (Lipinski definition) is 0. The summed E-state index contributed by atoms with van der Waals surface area (Å²) in [6.45, 7) is 4.00. The molecule has 0 aliphatic rings. The first-order valence-corrected chi connectivity index (χ1v) is 6.28. The first kappa shape index (κ1) is 12.7. The van der Waals surface area contributed by atoms with Gasteiger partial charge >= 0.3 is 0 Å². The number of rotatable bonds is 2. The van der Waals surface area contributed by atoms with Gasteiger partial charge in [-0.3, -0.25) is 0 Å². The van der Waals surface area contributed by atoms with E-state index in [0.29, 0.717) is 0 Å². The van der Waals surface area contributed by atoms with Crippen molar-refractivity contribution in [3.8, 4) is 0 Å². The van der Waals surface area contributed by atoms with Crippen LogP contribution in [0.15, 0.2) is 35.0 Å². The van der Waals surface area contributed by atoms with Crippen LogP contribution in [0.4, 0.5) is 0 Å². The molecule has 0 aliphatic carbocycles. The molecule has 1 aromatic rings. The van der Waals surface area contributed by atoms with Gasteiger partial charge in [0, 0.05) is 4.90 Å². The van der Waals surface area contributed by atoms with Crippen LogP contribution in [0.1, 0.15) is 19.4 Å². The Bertz CT molecular complexity index is 239. The standard InChI is InChI=1S/C9H11PS.C2H6/c1-11-9-4-2-8(3-5-9)6-7-10;1-2/h2-7H,10H2,1H3;1-2H3/b7-6+;. The van der Waals surface area contributed by atoms with Gasteiger partial charge in [0.1, 0.15) is 0 Å². The predicted octanol–water partition coefficient (Wildman–Crippen LogP) is 4.28. The molecule has 0 spiro atoms. The zero-order valence-electron chi connectivity index (χ0n) is 8.45. The lowest BCUT2D eigenvalue weighted by Crippen LogP contribution is -1.71. The highest BCUT2D eigenvalue weighted by molar-refractivity contribution is 7.98. The van der Waals surface area contributed by atoms with Gasteiger partial charge in [-0.2, -0.15) is 0 Å². The lowest BCUT2D eigenvalue weighted by atomic mass is 10.2. The number of thioether (sulfide) groups is 1. The molecule has 1 aromatic carbocycles. The maximum atomic E-state index is 2.57. The van der Waals surface area contributed by atoms with Crippen LogP contribution in [0, 0.1) is 0 Å². The Kier molecular flexibility index (Phi) is 8.18. The molecule has 0 aromatic heterocycles. The summed E-state index contributed by atoms with van der Waals surface area (Å²) < 4.78 is 0. The maximum absolute atomic E-state index is 2.57. The van der Waals surface area contributed by atoms with Gasteiger partial charge in [-0.25, -0.2) is 0 Å². The van der Waals surface area contributed by atoms with Crippen LogP contribution in [0.3, 0.4) is 0 Å². The van der Waals surface area contributed by atoms with Crippen molar-refractivity contribution < 1.29 is 0 Å². The van der Waals surface area contributed by atoms with Crippen LogP contribution in [0.5, 0.6) is 0 Å². The molecule has 0 aliphatic heterocycles. The van der Waals surface area contributed by atoms with Crippen molar-refractivity contribution in [1.82, 2.24) is 0 Å². The normalized spacial score (nSPS) is 9.54. The molecule has 0 N–H and O–H groups in total. The fourth-order valence-electron chi connectivity index (χ4n) is 0.826. The fraction of sp³-hybridized carbons (Fsp3) is 0.273. The predicted molar refractivity (Wildman–Crippen MR) is 68.3 cm³/mol. The molecule has 0 saturated heterocycles. The minimum Gasteiger partial charge on any atom is -0.130 e. The summed E-state index contributed by atoms with van der Waals surface area (Å²) in [5.41, 5.74) is 1.25. The largest absolute Gasteiger partial charge is 0.130 e. The van der Waals surface area contributed by atoms with Gasteiger partial charge < -0.3 is 0 Å². The summed E-state index contributed by atoms with van der Waals surface area (Å²) in [4.78, 5) is 1.31. The summed E-state index contributed by atoms with van der Waals surface area (Å²) >= 11 is 1.77. The van der Waals surface area contributed by atoms with Crippen LogP contribution in [0.25, 0.3) is 6.08 Å². The Morgan fingerprint density at radius 3 is 2.08 bits per heavy atom. The molecule has 0 heterocycles. The second-order valence-corrected chi connectivity index (χ2v) is 3.40. The van der Waals surface area contributed by atoms with E-state index in [9.17, 15) is 0 Å². The molecule has 13 heavy (non-hydrogen) atoms. The Hall–Kier alpha value is -0.260. The van der Waals surface area contributed by atoms with Gasteiger partial charge in [-0.05, 0) is 24.0 Å². The zero-order chi connectivity index (χ0) is 10.1. The Morgan fingerprint density at radius 2 is 1.69 bits per heavy atom. The second-order valence-electron chi connectivity index (χ2n) is 2.13. The Labute approximate surface area is 88.0 Å². The van der Waals surface area contributed by atoms with Gasteiger partial charge in [0.25, 0.3) is 0 Å². The molecule has 1 atom stereocenters. The van der Waals surface area contributed by atoms with Gasteiger partial charge in [0.05, 0.1) is 0 Å². The van der Waals surface area contributed by atoms with E-state index in [4.69, 9.17) is 0 Å². The monoisotopic (exact) mass is 212 g/mol. The Morgan fingerprint density at radius 1 is 1.15 bits per heavy atom.